The van der Waals surface area contributed by atoms with Crippen LogP contribution in [0.25, 0.3) is 5.69 Å². The molecule has 11 heteroatoms. The van der Waals surface area contributed by atoms with E-state index in [0.717, 1.165) is 0 Å². The van der Waals surface area contributed by atoms with Crippen LogP contribution in [0.1, 0.15) is 41.5 Å². The molecule has 0 radical (unpaired) electrons. The minimum atomic E-state index is -4.78. The second-order valence-electron chi connectivity index (χ2n) is 6.43. The maximum absolute atomic E-state index is 13.4. The average molecular weight is 431 g/mol. The van der Waals surface area contributed by atoms with Gasteiger partial charge in [0.05, 0.1) is 16.4 Å². The van der Waals surface area contributed by atoms with E-state index in [9.17, 15) is 18.4 Å². The van der Waals surface area contributed by atoms with Crippen molar-refractivity contribution in [3.8, 4) is 29.6 Å². The van der Waals surface area contributed by atoms with Crippen molar-refractivity contribution in [2.45, 2.75) is 24.9 Å². The SMILES string of the molecule is N#Cc1ncn(-c2ccccc2Oc2nc(C3CC3)c(Cl)c(C(F)(F)F)n2)c1C#N. The van der Waals surface area contributed by atoms with Crippen molar-refractivity contribution in [3.05, 3.63) is 58.4 Å². The number of nitrogens with zero attached hydrogens (tertiary/aromatic N) is 6. The van der Waals surface area contributed by atoms with Crippen LogP contribution in [-0.2, 0) is 6.18 Å². The number of imidazole rings is 1. The van der Waals surface area contributed by atoms with Gasteiger partial charge < -0.3 is 4.74 Å². The molecule has 2 heterocycles. The highest BCUT2D eigenvalue weighted by atomic mass is 35.5. The predicted molar refractivity (Wildman–Crippen MR) is 97.1 cm³/mol. The summed E-state index contributed by atoms with van der Waals surface area (Å²) in [5, 5.41) is 17.9. The van der Waals surface area contributed by atoms with Crippen LogP contribution in [0.5, 0.6) is 11.8 Å². The van der Waals surface area contributed by atoms with Gasteiger partial charge in [-0.15, -0.1) is 0 Å². The topological polar surface area (TPSA) is 100 Å². The second-order valence-corrected chi connectivity index (χ2v) is 6.81. The van der Waals surface area contributed by atoms with Crippen LogP contribution in [0.3, 0.4) is 0 Å². The molecule has 3 aromatic rings. The quantitative estimate of drug-likeness (QED) is 0.592. The summed E-state index contributed by atoms with van der Waals surface area (Å²) in [5.41, 5.74) is -1.02. The summed E-state index contributed by atoms with van der Waals surface area (Å²) >= 11 is 5.91. The third kappa shape index (κ3) is 3.53. The lowest BCUT2D eigenvalue weighted by Gasteiger charge is -2.15. The van der Waals surface area contributed by atoms with E-state index < -0.39 is 22.9 Å². The van der Waals surface area contributed by atoms with E-state index in [2.05, 4.69) is 15.0 Å². The summed E-state index contributed by atoms with van der Waals surface area (Å²) in [4.78, 5) is 11.4. The molecule has 0 spiro atoms. The molecule has 1 aromatic carbocycles. The predicted octanol–water partition coefficient (Wildman–Crippen LogP) is 4.75. The van der Waals surface area contributed by atoms with Gasteiger partial charge in [-0.2, -0.15) is 33.7 Å². The van der Waals surface area contributed by atoms with Crippen LogP contribution in [-0.4, -0.2) is 19.5 Å². The molecule has 1 aliphatic rings. The van der Waals surface area contributed by atoms with E-state index in [1.807, 2.05) is 6.07 Å². The molecule has 0 saturated heterocycles. The van der Waals surface area contributed by atoms with Gasteiger partial charge in [0.1, 0.15) is 18.5 Å². The summed E-state index contributed by atoms with van der Waals surface area (Å²) in [6.45, 7) is 0. The van der Waals surface area contributed by atoms with Crippen LogP contribution in [0.2, 0.25) is 5.02 Å². The Kier molecular flexibility index (Phi) is 4.80. The first kappa shape index (κ1) is 19.7. The van der Waals surface area contributed by atoms with Crippen molar-refractivity contribution >= 4 is 11.6 Å². The Morgan fingerprint density at radius 1 is 1.13 bits per heavy atom. The first-order valence-corrected chi connectivity index (χ1v) is 9.00. The van der Waals surface area contributed by atoms with E-state index in [1.54, 1.807) is 24.3 Å². The van der Waals surface area contributed by atoms with Gasteiger partial charge in [-0.25, -0.2) is 4.98 Å². The molecule has 2 aromatic heterocycles. The summed E-state index contributed by atoms with van der Waals surface area (Å²) in [5.74, 6) is -0.0932. The standard InChI is InChI=1S/C19H10ClF3N6O/c20-15-16(10-5-6-10)27-18(28-17(15)19(21,22)23)30-14-4-2-1-3-12(14)29-9-26-11(7-24)13(29)8-25/h1-4,9-10H,5-6H2. The van der Waals surface area contributed by atoms with Crippen molar-refractivity contribution in [2.75, 3.05) is 0 Å². The van der Waals surface area contributed by atoms with Crippen LogP contribution in [0.4, 0.5) is 13.2 Å². The highest BCUT2D eigenvalue weighted by Crippen LogP contribution is 2.46. The molecule has 0 amide bonds. The zero-order chi connectivity index (χ0) is 21.5. The summed E-state index contributed by atoms with van der Waals surface area (Å²) < 4.78 is 47.1. The fraction of sp³-hybridized carbons (Fsp3) is 0.211. The van der Waals surface area contributed by atoms with Gasteiger partial charge in [-0.1, -0.05) is 23.7 Å². The summed E-state index contributed by atoms with van der Waals surface area (Å²) in [6, 6.07) is 9.43. The lowest BCUT2D eigenvalue weighted by molar-refractivity contribution is -0.141. The summed E-state index contributed by atoms with van der Waals surface area (Å²) in [6.07, 6.45) is -2.16. The molecule has 150 valence electrons. The van der Waals surface area contributed by atoms with Gasteiger partial charge in [0.25, 0.3) is 0 Å². The Morgan fingerprint density at radius 2 is 1.87 bits per heavy atom. The number of aromatic nitrogens is 4. The van der Waals surface area contributed by atoms with Gasteiger partial charge in [-0.05, 0) is 25.0 Å². The molecule has 0 aliphatic heterocycles. The van der Waals surface area contributed by atoms with Gasteiger partial charge >= 0.3 is 12.2 Å². The van der Waals surface area contributed by atoms with Crippen LogP contribution >= 0.6 is 11.6 Å². The van der Waals surface area contributed by atoms with Gasteiger partial charge in [-0.3, -0.25) is 4.57 Å². The molecular weight excluding hydrogens is 421 g/mol. The lowest BCUT2D eigenvalue weighted by atomic mass is 10.2. The Labute approximate surface area is 173 Å². The Hall–Kier alpha value is -3.63. The largest absolute Gasteiger partial charge is 0.435 e. The van der Waals surface area contributed by atoms with Crippen molar-refractivity contribution in [3.63, 3.8) is 0 Å². The van der Waals surface area contributed by atoms with E-state index >= 15 is 0 Å². The number of ether oxygens (including phenoxy) is 1. The maximum Gasteiger partial charge on any atom is 0.435 e. The molecule has 7 nitrogen and oxygen atoms in total. The van der Waals surface area contributed by atoms with Crippen LogP contribution < -0.4 is 4.74 Å². The van der Waals surface area contributed by atoms with Crippen molar-refractivity contribution in [2.24, 2.45) is 0 Å². The summed E-state index contributed by atoms with van der Waals surface area (Å²) in [7, 11) is 0. The fourth-order valence-corrected chi connectivity index (χ4v) is 3.21. The number of rotatable bonds is 4. The Balaban J connectivity index is 1.80. The third-order valence-electron chi connectivity index (χ3n) is 4.39. The number of para-hydroxylation sites is 2. The van der Waals surface area contributed by atoms with Crippen molar-refractivity contribution in [1.82, 2.24) is 19.5 Å². The van der Waals surface area contributed by atoms with Gasteiger partial charge in [0, 0.05) is 5.92 Å². The fourth-order valence-electron chi connectivity index (χ4n) is 2.86. The average Bonchev–Trinajstić information content (AvgIpc) is 3.47. The number of benzene rings is 1. The second kappa shape index (κ2) is 7.32. The normalized spacial score (nSPS) is 13.5. The molecule has 1 saturated carbocycles. The molecule has 30 heavy (non-hydrogen) atoms. The molecule has 1 aliphatic carbocycles. The van der Waals surface area contributed by atoms with E-state index in [-0.39, 0.29) is 34.4 Å². The van der Waals surface area contributed by atoms with Crippen molar-refractivity contribution < 1.29 is 17.9 Å². The first-order chi connectivity index (χ1) is 14.3. The number of alkyl halides is 3. The lowest BCUT2D eigenvalue weighted by Crippen LogP contribution is -2.13. The minimum Gasteiger partial charge on any atom is -0.422 e. The van der Waals surface area contributed by atoms with Gasteiger partial charge in [0.2, 0.25) is 0 Å². The zero-order valence-corrected chi connectivity index (χ0v) is 15.7. The minimum absolute atomic E-state index is 0.0415. The molecule has 1 fully saturated rings. The molecular formula is C19H10ClF3N6O. The number of hydrogen-bond donors (Lipinski definition) is 0. The Bertz CT molecular complexity index is 1220. The zero-order valence-electron chi connectivity index (χ0n) is 15.0. The monoisotopic (exact) mass is 430 g/mol. The molecule has 0 bridgehead atoms. The highest BCUT2D eigenvalue weighted by Gasteiger charge is 2.40. The molecule has 0 N–H and O–H groups in total. The van der Waals surface area contributed by atoms with E-state index in [4.69, 9.17) is 21.6 Å². The Morgan fingerprint density at radius 3 is 2.50 bits per heavy atom. The van der Waals surface area contributed by atoms with Crippen LogP contribution in [0, 0.1) is 22.7 Å². The molecule has 4 rings (SSSR count). The smallest absolute Gasteiger partial charge is 0.422 e. The van der Waals surface area contributed by atoms with E-state index in [1.165, 1.54) is 17.0 Å². The number of halogens is 4. The highest BCUT2D eigenvalue weighted by molar-refractivity contribution is 6.32. The van der Waals surface area contributed by atoms with Crippen LogP contribution in [0.15, 0.2) is 30.6 Å². The van der Waals surface area contributed by atoms with E-state index in [0.29, 0.717) is 12.8 Å². The number of hydrogen-bond acceptors (Lipinski definition) is 6. The van der Waals surface area contributed by atoms with Crippen molar-refractivity contribution in [1.29, 1.82) is 10.5 Å². The van der Waals surface area contributed by atoms with Gasteiger partial charge in [0.15, 0.2) is 22.8 Å². The molecule has 0 atom stereocenters. The molecule has 0 unspecified atom stereocenters. The third-order valence-corrected chi connectivity index (χ3v) is 4.77. The maximum atomic E-state index is 13.4. The first-order valence-electron chi connectivity index (χ1n) is 8.63. The number of nitriles is 2.